The third-order valence-electron chi connectivity index (χ3n) is 4.83. The Morgan fingerprint density at radius 2 is 2.07 bits per heavy atom. The van der Waals surface area contributed by atoms with Crippen LogP contribution in [-0.4, -0.2) is 30.6 Å². The van der Waals surface area contributed by atoms with Gasteiger partial charge in [-0.2, -0.15) is 0 Å². The van der Waals surface area contributed by atoms with Crippen LogP contribution in [0.15, 0.2) is 35.3 Å². The third-order valence-corrected chi connectivity index (χ3v) is 5.89. The van der Waals surface area contributed by atoms with E-state index in [9.17, 15) is 0 Å². The molecule has 0 saturated carbocycles. The molecule has 27 heavy (non-hydrogen) atoms. The van der Waals surface area contributed by atoms with Crippen molar-refractivity contribution in [2.24, 2.45) is 10.9 Å². The van der Waals surface area contributed by atoms with Gasteiger partial charge in [0.25, 0.3) is 0 Å². The zero-order chi connectivity index (χ0) is 19.1. The fourth-order valence-corrected chi connectivity index (χ4v) is 4.37. The van der Waals surface area contributed by atoms with Gasteiger partial charge in [-0.3, -0.25) is 0 Å². The van der Waals surface area contributed by atoms with Crippen molar-refractivity contribution < 1.29 is 4.74 Å². The van der Waals surface area contributed by atoms with Gasteiger partial charge in [0.2, 0.25) is 0 Å². The number of aliphatic imine (C=N–C) groups is 1. The summed E-state index contributed by atoms with van der Waals surface area (Å²) in [6.07, 6.45) is 2.43. The number of hydrogen-bond acceptors (Lipinski definition) is 4. The van der Waals surface area contributed by atoms with E-state index < -0.39 is 0 Å². The lowest BCUT2D eigenvalue weighted by Gasteiger charge is -2.32. The van der Waals surface area contributed by atoms with Crippen LogP contribution >= 0.6 is 11.3 Å². The predicted molar refractivity (Wildman–Crippen MR) is 112 cm³/mol. The molecule has 1 aromatic heterocycles. The SMILES string of the molecule is CCNC(=NCc1sc(C)nc1C)NCC1CCCOC1c1ccccc1. The van der Waals surface area contributed by atoms with Crippen LogP contribution in [0.3, 0.4) is 0 Å². The van der Waals surface area contributed by atoms with E-state index >= 15 is 0 Å². The van der Waals surface area contributed by atoms with Crippen LogP contribution in [0.25, 0.3) is 0 Å². The van der Waals surface area contributed by atoms with E-state index in [0.29, 0.717) is 12.5 Å². The molecular formula is C21H30N4OS. The number of nitrogens with zero attached hydrogens (tertiary/aromatic N) is 2. The Morgan fingerprint density at radius 1 is 1.26 bits per heavy atom. The summed E-state index contributed by atoms with van der Waals surface area (Å²) in [5.74, 6) is 1.30. The fraction of sp³-hybridized carbons (Fsp3) is 0.524. The largest absolute Gasteiger partial charge is 0.373 e. The summed E-state index contributed by atoms with van der Waals surface area (Å²) >= 11 is 1.72. The summed E-state index contributed by atoms with van der Waals surface area (Å²) in [6.45, 7) is 9.39. The standard InChI is InChI=1S/C21H30N4OS/c1-4-22-21(24-14-19-15(2)25-16(3)27-19)23-13-18-11-8-12-26-20(18)17-9-6-5-7-10-17/h5-7,9-10,18,20H,4,8,11-14H2,1-3H3,(H2,22,23,24). The van der Waals surface area contributed by atoms with Crippen molar-refractivity contribution in [2.75, 3.05) is 19.7 Å². The second kappa shape index (κ2) is 9.85. The van der Waals surface area contributed by atoms with Crippen LogP contribution in [0.5, 0.6) is 0 Å². The number of aromatic nitrogens is 1. The molecule has 2 atom stereocenters. The zero-order valence-corrected chi connectivity index (χ0v) is 17.3. The Bertz CT molecular complexity index is 744. The molecule has 146 valence electrons. The average molecular weight is 387 g/mol. The van der Waals surface area contributed by atoms with E-state index in [-0.39, 0.29) is 6.10 Å². The summed E-state index contributed by atoms with van der Waals surface area (Å²) in [7, 11) is 0. The first-order valence-corrected chi connectivity index (χ1v) is 10.6. The molecule has 3 rings (SSSR count). The number of rotatable bonds is 6. The smallest absolute Gasteiger partial charge is 0.191 e. The quantitative estimate of drug-likeness (QED) is 0.582. The van der Waals surface area contributed by atoms with E-state index in [1.807, 2.05) is 6.92 Å². The molecule has 2 N–H and O–H groups in total. The molecule has 0 amide bonds. The molecule has 0 aliphatic carbocycles. The summed E-state index contributed by atoms with van der Waals surface area (Å²) in [6, 6.07) is 10.6. The molecule has 1 aliphatic heterocycles. The zero-order valence-electron chi connectivity index (χ0n) is 16.5. The van der Waals surface area contributed by atoms with Crippen molar-refractivity contribution in [1.82, 2.24) is 15.6 Å². The summed E-state index contributed by atoms with van der Waals surface area (Å²) in [4.78, 5) is 10.5. The Morgan fingerprint density at radius 3 is 2.78 bits per heavy atom. The van der Waals surface area contributed by atoms with Crippen LogP contribution in [0.4, 0.5) is 0 Å². The summed E-state index contributed by atoms with van der Waals surface area (Å²) in [5, 5.41) is 7.98. The molecule has 1 fully saturated rings. The first kappa shape index (κ1) is 19.8. The highest BCUT2D eigenvalue weighted by Crippen LogP contribution is 2.33. The van der Waals surface area contributed by atoms with E-state index in [4.69, 9.17) is 9.73 Å². The number of ether oxygens (including phenoxy) is 1. The highest BCUT2D eigenvalue weighted by molar-refractivity contribution is 7.11. The first-order chi connectivity index (χ1) is 13.2. The van der Waals surface area contributed by atoms with Gasteiger partial charge in [0, 0.05) is 30.5 Å². The number of thiazole rings is 1. The Kier molecular flexibility index (Phi) is 7.24. The van der Waals surface area contributed by atoms with Gasteiger partial charge in [-0.05, 0) is 39.2 Å². The topological polar surface area (TPSA) is 58.5 Å². The number of guanidine groups is 1. The van der Waals surface area contributed by atoms with Gasteiger partial charge in [0.1, 0.15) is 0 Å². The molecule has 0 bridgehead atoms. The molecule has 2 heterocycles. The van der Waals surface area contributed by atoms with Gasteiger partial charge in [0.15, 0.2) is 5.96 Å². The lowest BCUT2D eigenvalue weighted by Crippen LogP contribution is -2.42. The molecule has 0 radical (unpaired) electrons. The van der Waals surface area contributed by atoms with Gasteiger partial charge in [-0.15, -0.1) is 11.3 Å². The maximum absolute atomic E-state index is 6.11. The van der Waals surface area contributed by atoms with Crippen molar-refractivity contribution >= 4 is 17.3 Å². The minimum absolute atomic E-state index is 0.154. The van der Waals surface area contributed by atoms with E-state index in [2.05, 4.69) is 59.8 Å². The Labute approximate surface area is 166 Å². The second-order valence-electron chi connectivity index (χ2n) is 6.92. The van der Waals surface area contributed by atoms with Gasteiger partial charge < -0.3 is 15.4 Å². The van der Waals surface area contributed by atoms with Crippen molar-refractivity contribution in [3.05, 3.63) is 51.5 Å². The molecule has 1 saturated heterocycles. The van der Waals surface area contributed by atoms with Crippen LogP contribution < -0.4 is 10.6 Å². The molecule has 0 spiro atoms. The van der Waals surface area contributed by atoms with Crippen molar-refractivity contribution in [3.63, 3.8) is 0 Å². The molecule has 5 nitrogen and oxygen atoms in total. The number of hydrogen-bond donors (Lipinski definition) is 2. The van der Waals surface area contributed by atoms with Crippen LogP contribution in [0, 0.1) is 19.8 Å². The Hall–Kier alpha value is -1.92. The van der Waals surface area contributed by atoms with E-state index in [1.54, 1.807) is 11.3 Å². The van der Waals surface area contributed by atoms with Crippen molar-refractivity contribution in [1.29, 1.82) is 0 Å². The number of nitrogens with one attached hydrogen (secondary N) is 2. The normalized spacial score (nSPS) is 20.5. The fourth-order valence-electron chi connectivity index (χ4n) is 3.50. The molecule has 2 aromatic rings. The predicted octanol–water partition coefficient (Wildman–Crippen LogP) is 3.98. The molecule has 1 aromatic carbocycles. The summed E-state index contributed by atoms with van der Waals surface area (Å²) in [5.41, 5.74) is 2.35. The third kappa shape index (κ3) is 5.53. The minimum atomic E-state index is 0.154. The lowest BCUT2D eigenvalue weighted by atomic mass is 9.89. The minimum Gasteiger partial charge on any atom is -0.373 e. The van der Waals surface area contributed by atoms with Crippen molar-refractivity contribution in [3.8, 4) is 0 Å². The van der Waals surface area contributed by atoms with Crippen LogP contribution in [0.2, 0.25) is 0 Å². The molecule has 1 aliphatic rings. The maximum atomic E-state index is 6.11. The monoisotopic (exact) mass is 386 g/mol. The van der Waals surface area contributed by atoms with E-state index in [1.165, 1.54) is 16.9 Å². The highest BCUT2D eigenvalue weighted by Gasteiger charge is 2.27. The van der Waals surface area contributed by atoms with Crippen LogP contribution in [0.1, 0.15) is 47.0 Å². The molecule has 2 unspecified atom stereocenters. The Balaban J connectivity index is 1.63. The lowest BCUT2D eigenvalue weighted by molar-refractivity contribution is -0.0265. The number of aryl methyl sites for hydroxylation is 2. The molecule has 6 heteroatoms. The summed E-state index contributed by atoms with van der Waals surface area (Å²) < 4.78 is 6.11. The van der Waals surface area contributed by atoms with Gasteiger partial charge in [0.05, 0.1) is 23.4 Å². The maximum Gasteiger partial charge on any atom is 0.191 e. The van der Waals surface area contributed by atoms with Gasteiger partial charge >= 0.3 is 0 Å². The second-order valence-corrected chi connectivity index (χ2v) is 8.21. The molecular weight excluding hydrogens is 356 g/mol. The van der Waals surface area contributed by atoms with Gasteiger partial charge in [-0.25, -0.2) is 9.98 Å². The first-order valence-electron chi connectivity index (χ1n) is 9.79. The van der Waals surface area contributed by atoms with Gasteiger partial charge in [-0.1, -0.05) is 30.3 Å². The number of benzene rings is 1. The average Bonchev–Trinajstić information content (AvgIpc) is 3.02. The van der Waals surface area contributed by atoms with E-state index in [0.717, 1.165) is 42.8 Å². The highest BCUT2D eigenvalue weighted by atomic mass is 32.1. The van der Waals surface area contributed by atoms with Crippen LogP contribution in [-0.2, 0) is 11.3 Å². The van der Waals surface area contributed by atoms with Crippen molar-refractivity contribution in [2.45, 2.75) is 46.3 Å².